The number of H-pyrrole nitrogens is 1. The lowest BCUT2D eigenvalue weighted by Gasteiger charge is -2.31. The molecule has 1 aliphatic heterocycles. The number of pyridine rings is 1. The Morgan fingerprint density at radius 1 is 1.12 bits per heavy atom. The number of aromatic amines is 1. The molecule has 0 atom stereocenters. The van der Waals surface area contributed by atoms with Crippen LogP contribution in [-0.4, -0.2) is 51.6 Å². The molecule has 0 saturated carbocycles. The molecule has 8 nitrogen and oxygen atoms in total. The molecule has 0 radical (unpaired) electrons. The van der Waals surface area contributed by atoms with Gasteiger partial charge in [0.25, 0.3) is 0 Å². The first kappa shape index (κ1) is 21.5. The molecule has 0 spiro atoms. The van der Waals surface area contributed by atoms with Crippen molar-refractivity contribution in [1.29, 1.82) is 0 Å². The molecule has 0 bridgehead atoms. The number of para-hydroxylation sites is 1. The van der Waals surface area contributed by atoms with E-state index in [1.54, 1.807) is 12.4 Å². The van der Waals surface area contributed by atoms with Gasteiger partial charge in [0.15, 0.2) is 5.82 Å². The summed E-state index contributed by atoms with van der Waals surface area (Å²) in [6, 6.07) is 13.2. The van der Waals surface area contributed by atoms with Gasteiger partial charge in [-0.25, -0.2) is 0 Å². The fraction of sp³-hybridized carbons (Fsp3) is 0.333. The van der Waals surface area contributed by atoms with Gasteiger partial charge in [-0.2, -0.15) is 5.10 Å². The van der Waals surface area contributed by atoms with E-state index in [9.17, 15) is 9.59 Å². The van der Waals surface area contributed by atoms with Crippen LogP contribution in [0.2, 0.25) is 0 Å². The normalized spacial score (nSPS) is 14.2. The number of hydrogen-bond acceptors (Lipinski definition) is 5. The van der Waals surface area contributed by atoms with Gasteiger partial charge in [-0.05, 0) is 44.0 Å². The van der Waals surface area contributed by atoms with Gasteiger partial charge in [-0.1, -0.05) is 18.2 Å². The van der Waals surface area contributed by atoms with Crippen molar-refractivity contribution in [2.45, 2.75) is 26.2 Å². The van der Waals surface area contributed by atoms with Crippen molar-refractivity contribution >= 4 is 17.6 Å². The lowest BCUT2D eigenvalue weighted by Crippen LogP contribution is -2.41. The number of carbonyl (C=O) groups is 2. The quantitative estimate of drug-likeness (QED) is 0.595. The van der Waals surface area contributed by atoms with Gasteiger partial charge in [0.1, 0.15) is 5.75 Å². The van der Waals surface area contributed by atoms with Gasteiger partial charge in [-0.15, -0.1) is 0 Å². The molecule has 1 aromatic carbocycles. The number of benzene rings is 1. The summed E-state index contributed by atoms with van der Waals surface area (Å²) in [5.74, 6) is 1.17. The molecule has 4 rings (SSSR count). The third-order valence-electron chi connectivity index (χ3n) is 5.77. The topological polar surface area (TPSA) is 100 Å². The highest BCUT2D eigenvalue weighted by Crippen LogP contribution is 2.26. The second-order valence-corrected chi connectivity index (χ2v) is 7.86. The zero-order valence-electron chi connectivity index (χ0n) is 18.1. The van der Waals surface area contributed by atoms with E-state index >= 15 is 0 Å². The summed E-state index contributed by atoms with van der Waals surface area (Å²) in [7, 11) is 0. The highest BCUT2D eigenvalue weighted by molar-refractivity contribution is 5.93. The highest BCUT2D eigenvalue weighted by atomic mass is 16.5. The molecule has 3 aromatic rings. The third-order valence-corrected chi connectivity index (χ3v) is 5.77. The number of amides is 2. The van der Waals surface area contributed by atoms with Gasteiger partial charge in [-0.3, -0.25) is 19.7 Å². The smallest absolute Gasteiger partial charge is 0.228 e. The molecule has 8 heteroatoms. The first-order chi connectivity index (χ1) is 15.6. The number of aromatic nitrogens is 3. The number of carbonyl (C=O) groups excluding carboxylic acids is 2. The molecule has 166 valence electrons. The third kappa shape index (κ3) is 5.14. The molecule has 0 aliphatic carbocycles. The van der Waals surface area contributed by atoms with Crippen molar-refractivity contribution in [3.8, 4) is 17.0 Å². The van der Waals surface area contributed by atoms with Crippen molar-refractivity contribution < 1.29 is 14.3 Å². The summed E-state index contributed by atoms with van der Waals surface area (Å²) in [5, 5.41) is 10.2. The molecule has 3 heterocycles. The van der Waals surface area contributed by atoms with Crippen LogP contribution in [0, 0.1) is 12.8 Å². The summed E-state index contributed by atoms with van der Waals surface area (Å²) in [6.45, 7) is 3.42. The Morgan fingerprint density at radius 2 is 1.84 bits per heavy atom. The van der Waals surface area contributed by atoms with Crippen LogP contribution >= 0.6 is 0 Å². The molecular formula is C24H27N5O3. The van der Waals surface area contributed by atoms with Crippen molar-refractivity contribution in [2.24, 2.45) is 5.92 Å². The van der Waals surface area contributed by atoms with Crippen LogP contribution in [0.25, 0.3) is 11.3 Å². The monoisotopic (exact) mass is 433 g/mol. The molecule has 0 unspecified atom stereocenters. The minimum absolute atomic E-state index is 0.0552. The Balaban J connectivity index is 1.24. The molecule has 1 saturated heterocycles. The first-order valence-corrected chi connectivity index (χ1v) is 10.8. The van der Waals surface area contributed by atoms with Gasteiger partial charge in [0, 0.05) is 42.5 Å². The maximum absolute atomic E-state index is 12.8. The van der Waals surface area contributed by atoms with E-state index in [1.807, 2.05) is 54.3 Å². The van der Waals surface area contributed by atoms with Gasteiger partial charge in [0.2, 0.25) is 11.8 Å². The summed E-state index contributed by atoms with van der Waals surface area (Å²) in [4.78, 5) is 31.1. The number of nitrogens with zero attached hydrogens (tertiary/aromatic N) is 3. The molecule has 2 N–H and O–H groups in total. The molecular weight excluding hydrogens is 406 g/mol. The largest absolute Gasteiger partial charge is 0.493 e. The summed E-state index contributed by atoms with van der Waals surface area (Å²) < 4.78 is 5.61. The summed E-state index contributed by atoms with van der Waals surface area (Å²) in [6.07, 6.45) is 5.04. The van der Waals surface area contributed by atoms with Gasteiger partial charge in [0.05, 0.1) is 18.7 Å². The van der Waals surface area contributed by atoms with E-state index in [0.717, 1.165) is 22.6 Å². The van der Waals surface area contributed by atoms with Crippen LogP contribution in [0.3, 0.4) is 0 Å². The van der Waals surface area contributed by atoms with Gasteiger partial charge < -0.3 is 15.0 Å². The van der Waals surface area contributed by atoms with Crippen molar-refractivity contribution in [3.63, 3.8) is 0 Å². The average Bonchev–Trinajstić information content (AvgIpc) is 3.20. The van der Waals surface area contributed by atoms with E-state index in [-0.39, 0.29) is 17.7 Å². The zero-order valence-corrected chi connectivity index (χ0v) is 18.1. The predicted octanol–water partition coefficient (Wildman–Crippen LogP) is 3.43. The van der Waals surface area contributed by atoms with Crippen molar-refractivity contribution in [1.82, 2.24) is 20.1 Å². The van der Waals surface area contributed by atoms with E-state index in [0.29, 0.717) is 44.8 Å². The second-order valence-electron chi connectivity index (χ2n) is 7.86. The van der Waals surface area contributed by atoms with Crippen LogP contribution in [0.1, 0.15) is 24.8 Å². The predicted molar refractivity (Wildman–Crippen MR) is 121 cm³/mol. The lowest BCUT2D eigenvalue weighted by atomic mass is 9.95. The fourth-order valence-corrected chi connectivity index (χ4v) is 3.86. The average molecular weight is 434 g/mol. The SMILES string of the molecule is Cc1c(NC(=O)C2CCN(C(=O)CCOc3ccccc3)CC2)n[nH]c1-c1ccncc1. The summed E-state index contributed by atoms with van der Waals surface area (Å²) in [5.41, 5.74) is 2.71. The lowest BCUT2D eigenvalue weighted by molar-refractivity contribution is -0.135. The number of nitrogens with one attached hydrogen (secondary N) is 2. The van der Waals surface area contributed by atoms with Crippen LogP contribution in [0.15, 0.2) is 54.9 Å². The highest BCUT2D eigenvalue weighted by Gasteiger charge is 2.28. The number of hydrogen-bond donors (Lipinski definition) is 2. The minimum Gasteiger partial charge on any atom is -0.493 e. The first-order valence-electron chi connectivity index (χ1n) is 10.8. The Hall–Kier alpha value is -3.68. The minimum atomic E-state index is -0.139. The van der Waals surface area contributed by atoms with Crippen LogP contribution in [0.5, 0.6) is 5.75 Å². The maximum Gasteiger partial charge on any atom is 0.228 e. The number of ether oxygens (including phenoxy) is 1. The van der Waals surface area contributed by atoms with Crippen LogP contribution in [-0.2, 0) is 9.59 Å². The Morgan fingerprint density at radius 3 is 2.56 bits per heavy atom. The molecule has 1 aliphatic rings. The van der Waals surface area contributed by atoms with E-state index < -0.39 is 0 Å². The van der Waals surface area contributed by atoms with Crippen molar-refractivity contribution in [3.05, 3.63) is 60.4 Å². The number of likely N-dealkylation sites (tertiary alicyclic amines) is 1. The standard InChI is InChI=1S/C24H27N5O3/c1-17-22(18-7-12-25-13-8-18)27-28-23(17)26-24(31)19-9-14-29(15-10-19)21(30)11-16-32-20-5-3-2-4-6-20/h2-8,12-13,19H,9-11,14-16H2,1H3,(H2,26,27,28,31). The van der Waals surface area contributed by atoms with E-state index in [4.69, 9.17) is 4.74 Å². The molecule has 32 heavy (non-hydrogen) atoms. The molecule has 2 amide bonds. The van der Waals surface area contributed by atoms with Gasteiger partial charge >= 0.3 is 0 Å². The Labute approximate surface area is 187 Å². The number of piperidine rings is 1. The summed E-state index contributed by atoms with van der Waals surface area (Å²) >= 11 is 0. The maximum atomic E-state index is 12.8. The van der Waals surface area contributed by atoms with Crippen molar-refractivity contribution in [2.75, 3.05) is 25.0 Å². The van der Waals surface area contributed by atoms with E-state index in [1.165, 1.54) is 0 Å². The molecule has 1 fully saturated rings. The number of rotatable bonds is 7. The fourth-order valence-electron chi connectivity index (χ4n) is 3.86. The Kier molecular flexibility index (Phi) is 6.79. The van der Waals surface area contributed by atoms with Crippen LogP contribution in [0.4, 0.5) is 5.82 Å². The van der Waals surface area contributed by atoms with E-state index in [2.05, 4.69) is 20.5 Å². The zero-order chi connectivity index (χ0) is 22.3. The number of anilines is 1. The molecule has 2 aromatic heterocycles. The van der Waals surface area contributed by atoms with Crippen LogP contribution < -0.4 is 10.1 Å². The Bertz CT molecular complexity index is 1040. The second kappa shape index (κ2) is 10.1.